The van der Waals surface area contributed by atoms with Crippen LogP contribution in [-0.4, -0.2) is 36.6 Å². The molecule has 0 aromatic heterocycles. The molecule has 13 heavy (non-hydrogen) atoms. The summed E-state index contributed by atoms with van der Waals surface area (Å²) in [6.07, 6.45) is 7.16. The van der Waals surface area contributed by atoms with Crippen molar-refractivity contribution in [2.45, 2.75) is 44.4 Å². The SMILES string of the molecule is O=CC1OCCN1C1CCCCC1. The van der Waals surface area contributed by atoms with Gasteiger partial charge in [0.25, 0.3) is 0 Å². The van der Waals surface area contributed by atoms with Gasteiger partial charge in [-0.25, -0.2) is 0 Å². The fourth-order valence-electron chi connectivity index (χ4n) is 2.42. The fourth-order valence-corrected chi connectivity index (χ4v) is 2.42. The monoisotopic (exact) mass is 183 g/mol. The molecule has 3 heteroatoms. The molecule has 1 saturated carbocycles. The summed E-state index contributed by atoms with van der Waals surface area (Å²) in [6, 6.07) is 0.603. The molecule has 3 nitrogen and oxygen atoms in total. The van der Waals surface area contributed by atoms with E-state index in [0.717, 1.165) is 19.4 Å². The summed E-state index contributed by atoms with van der Waals surface area (Å²) in [5.41, 5.74) is 0. The molecule has 1 aliphatic heterocycles. The van der Waals surface area contributed by atoms with Crippen LogP contribution in [-0.2, 0) is 9.53 Å². The van der Waals surface area contributed by atoms with Gasteiger partial charge in [0.1, 0.15) is 0 Å². The standard InChI is InChI=1S/C10H17NO2/c12-8-10-11(6-7-13-10)9-4-2-1-3-5-9/h8-10H,1-7H2. The molecule has 1 saturated heterocycles. The largest absolute Gasteiger partial charge is 0.355 e. The second kappa shape index (κ2) is 4.20. The average Bonchev–Trinajstić information content (AvgIpc) is 2.67. The van der Waals surface area contributed by atoms with Gasteiger partial charge in [0.05, 0.1) is 6.61 Å². The van der Waals surface area contributed by atoms with Crippen LogP contribution < -0.4 is 0 Å². The van der Waals surface area contributed by atoms with Crippen LogP contribution in [0.3, 0.4) is 0 Å². The van der Waals surface area contributed by atoms with E-state index in [9.17, 15) is 4.79 Å². The Morgan fingerprint density at radius 2 is 2.00 bits per heavy atom. The van der Waals surface area contributed by atoms with E-state index in [1.807, 2.05) is 0 Å². The van der Waals surface area contributed by atoms with Crippen molar-refractivity contribution < 1.29 is 9.53 Å². The normalized spacial score (nSPS) is 32.2. The number of carbonyl (C=O) groups excluding carboxylic acids is 1. The molecule has 0 radical (unpaired) electrons. The molecule has 0 aromatic carbocycles. The highest BCUT2D eigenvalue weighted by Gasteiger charge is 2.31. The first-order valence-electron chi connectivity index (χ1n) is 5.24. The van der Waals surface area contributed by atoms with Gasteiger partial charge in [0, 0.05) is 12.6 Å². The molecular formula is C10H17NO2. The molecule has 2 rings (SSSR count). The Bertz CT molecular complexity index is 178. The van der Waals surface area contributed by atoms with Gasteiger partial charge >= 0.3 is 0 Å². The molecule has 2 aliphatic rings. The summed E-state index contributed by atoms with van der Waals surface area (Å²) < 4.78 is 5.33. The van der Waals surface area contributed by atoms with E-state index < -0.39 is 0 Å². The lowest BCUT2D eigenvalue weighted by molar-refractivity contribution is -0.123. The first-order valence-corrected chi connectivity index (χ1v) is 5.24. The van der Waals surface area contributed by atoms with Crippen molar-refractivity contribution in [1.82, 2.24) is 4.90 Å². The van der Waals surface area contributed by atoms with Crippen LogP contribution in [0.2, 0.25) is 0 Å². The lowest BCUT2D eigenvalue weighted by Crippen LogP contribution is -2.41. The van der Waals surface area contributed by atoms with E-state index in [1.54, 1.807) is 0 Å². The Kier molecular flexibility index (Phi) is 2.96. The minimum Gasteiger partial charge on any atom is -0.355 e. The summed E-state index contributed by atoms with van der Waals surface area (Å²) >= 11 is 0. The first kappa shape index (κ1) is 9.16. The third kappa shape index (κ3) is 1.92. The molecule has 0 bridgehead atoms. The molecule has 0 aromatic rings. The minimum atomic E-state index is -0.247. The van der Waals surface area contributed by atoms with Gasteiger partial charge in [-0.3, -0.25) is 9.69 Å². The van der Waals surface area contributed by atoms with Crippen molar-refractivity contribution in [3.63, 3.8) is 0 Å². The number of aldehydes is 1. The molecule has 1 aliphatic carbocycles. The van der Waals surface area contributed by atoms with Gasteiger partial charge in [-0.15, -0.1) is 0 Å². The fraction of sp³-hybridized carbons (Fsp3) is 0.900. The highest BCUT2D eigenvalue weighted by Crippen LogP contribution is 2.25. The summed E-state index contributed by atoms with van der Waals surface area (Å²) in [5.74, 6) is 0. The minimum absolute atomic E-state index is 0.247. The zero-order chi connectivity index (χ0) is 9.10. The summed E-state index contributed by atoms with van der Waals surface area (Å²) in [6.45, 7) is 1.66. The smallest absolute Gasteiger partial charge is 0.167 e. The Labute approximate surface area is 79.0 Å². The number of hydrogen-bond acceptors (Lipinski definition) is 3. The molecule has 2 fully saturated rings. The van der Waals surface area contributed by atoms with Gasteiger partial charge in [-0.1, -0.05) is 19.3 Å². The molecule has 1 atom stereocenters. The zero-order valence-electron chi connectivity index (χ0n) is 7.95. The van der Waals surface area contributed by atoms with Gasteiger partial charge in [-0.2, -0.15) is 0 Å². The van der Waals surface area contributed by atoms with Crippen LogP contribution in [0.15, 0.2) is 0 Å². The van der Waals surface area contributed by atoms with Crippen molar-refractivity contribution >= 4 is 6.29 Å². The van der Waals surface area contributed by atoms with Crippen LogP contribution in [0.5, 0.6) is 0 Å². The maximum absolute atomic E-state index is 10.7. The predicted molar refractivity (Wildman–Crippen MR) is 49.4 cm³/mol. The van der Waals surface area contributed by atoms with Gasteiger partial charge in [0.15, 0.2) is 12.5 Å². The quantitative estimate of drug-likeness (QED) is 0.602. The van der Waals surface area contributed by atoms with Gasteiger partial charge < -0.3 is 4.74 Å². The van der Waals surface area contributed by atoms with E-state index in [2.05, 4.69) is 4.90 Å². The molecule has 0 spiro atoms. The topological polar surface area (TPSA) is 29.5 Å². The Balaban J connectivity index is 1.93. The summed E-state index contributed by atoms with van der Waals surface area (Å²) in [5, 5.41) is 0. The maximum Gasteiger partial charge on any atom is 0.167 e. The van der Waals surface area contributed by atoms with Crippen LogP contribution >= 0.6 is 0 Å². The first-order chi connectivity index (χ1) is 6.42. The second-order valence-corrected chi connectivity index (χ2v) is 3.93. The highest BCUT2D eigenvalue weighted by molar-refractivity contribution is 5.55. The second-order valence-electron chi connectivity index (χ2n) is 3.93. The number of ether oxygens (including phenoxy) is 1. The van der Waals surface area contributed by atoms with Crippen molar-refractivity contribution in [1.29, 1.82) is 0 Å². The summed E-state index contributed by atoms with van der Waals surface area (Å²) in [4.78, 5) is 12.9. The molecule has 1 heterocycles. The lowest BCUT2D eigenvalue weighted by Gasteiger charge is -2.31. The van der Waals surface area contributed by atoms with Crippen molar-refractivity contribution in [2.75, 3.05) is 13.2 Å². The van der Waals surface area contributed by atoms with Crippen LogP contribution in [0.4, 0.5) is 0 Å². The van der Waals surface area contributed by atoms with Crippen molar-refractivity contribution in [3.8, 4) is 0 Å². The third-order valence-corrected chi connectivity index (χ3v) is 3.13. The molecule has 74 valence electrons. The lowest BCUT2D eigenvalue weighted by atomic mass is 9.94. The van der Waals surface area contributed by atoms with E-state index in [4.69, 9.17) is 4.74 Å². The number of hydrogen-bond donors (Lipinski definition) is 0. The summed E-state index contributed by atoms with van der Waals surface area (Å²) in [7, 11) is 0. The van der Waals surface area contributed by atoms with E-state index in [-0.39, 0.29) is 6.23 Å². The third-order valence-electron chi connectivity index (χ3n) is 3.13. The van der Waals surface area contributed by atoms with E-state index in [1.165, 1.54) is 32.1 Å². The number of nitrogens with zero attached hydrogens (tertiary/aromatic N) is 1. The molecule has 1 unspecified atom stereocenters. The predicted octanol–water partition coefficient (Wildman–Crippen LogP) is 1.18. The van der Waals surface area contributed by atoms with Crippen LogP contribution in [0.1, 0.15) is 32.1 Å². The average molecular weight is 183 g/mol. The zero-order valence-corrected chi connectivity index (χ0v) is 7.95. The van der Waals surface area contributed by atoms with Gasteiger partial charge in [-0.05, 0) is 12.8 Å². The van der Waals surface area contributed by atoms with E-state index >= 15 is 0 Å². The van der Waals surface area contributed by atoms with Crippen LogP contribution in [0, 0.1) is 0 Å². The van der Waals surface area contributed by atoms with Crippen molar-refractivity contribution in [2.24, 2.45) is 0 Å². The molecule has 0 N–H and O–H groups in total. The van der Waals surface area contributed by atoms with Crippen molar-refractivity contribution in [3.05, 3.63) is 0 Å². The molecule has 0 amide bonds. The Morgan fingerprint density at radius 3 is 2.69 bits per heavy atom. The number of carbonyl (C=O) groups is 1. The Hall–Kier alpha value is -0.410. The van der Waals surface area contributed by atoms with Crippen LogP contribution in [0.25, 0.3) is 0 Å². The van der Waals surface area contributed by atoms with E-state index in [0.29, 0.717) is 6.04 Å². The van der Waals surface area contributed by atoms with Gasteiger partial charge in [0.2, 0.25) is 0 Å². The highest BCUT2D eigenvalue weighted by atomic mass is 16.5. The molecular weight excluding hydrogens is 166 g/mol. The Morgan fingerprint density at radius 1 is 1.23 bits per heavy atom. The number of rotatable bonds is 2. The maximum atomic E-state index is 10.7.